The van der Waals surface area contributed by atoms with Crippen LogP contribution in [-0.2, 0) is 11.3 Å². The van der Waals surface area contributed by atoms with E-state index in [0.717, 1.165) is 61.0 Å². The molecule has 1 aliphatic heterocycles. The Morgan fingerprint density at radius 1 is 1.06 bits per heavy atom. The van der Waals surface area contributed by atoms with Crippen molar-refractivity contribution < 1.29 is 9.53 Å². The van der Waals surface area contributed by atoms with E-state index in [1.54, 1.807) is 0 Å². The molecular formula is C28H31N5O2. The smallest absolute Gasteiger partial charge is 0.228 e. The number of para-hydroxylation sites is 1. The highest BCUT2D eigenvalue weighted by molar-refractivity contribution is 5.92. The second-order valence-electron chi connectivity index (χ2n) is 8.85. The number of hydrogen-bond acceptors (Lipinski definition) is 4. The first-order chi connectivity index (χ1) is 17.2. The number of likely N-dealkylation sites (tertiary alicyclic amines) is 1. The van der Waals surface area contributed by atoms with Gasteiger partial charge >= 0.3 is 0 Å². The van der Waals surface area contributed by atoms with Gasteiger partial charge in [0, 0.05) is 36.7 Å². The average molecular weight is 470 g/mol. The molecule has 2 aromatic carbocycles. The summed E-state index contributed by atoms with van der Waals surface area (Å²) in [6.07, 6.45) is 7.93. The summed E-state index contributed by atoms with van der Waals surface area (Å²) in [7, 11) is 0. The number of anilines is 1. The Balaban J connectivity index is 1.29. The third-order valence-corrected chi connectivity index (χ3v) is 6.37. The van der Waals surface area contributed by atoms with Gasteiger partial charge in [0.1, 0.15) is 11.6 Å². The molecule has 3 heterocycles. The highest BCUT2D eigenvalue weighted by Crippen LogP contribution is 2.25. The lowest BCUT2D eigenvalue weighted by Crippen LogP contribution is -2.40. The molecule has 1 N–H and O–H groups in total. The first kappa shape index (κ1) is 22.9. The van der Waals surface area contributed by atoms with Crippen molar-refractivity contribution in [1.29, 1.82) is 0 Å². The molecule has 180 valence electrons. The van der Waals surface area contributed by atoms with Gasteiger partial charge in [0.05, 0.1) is 24.4 Å². The lowest BCUT2D eigenvalue weighted by atomic mass is 9.96. The van der Waals surface area contributed by atoms with Gasteiger partial charge in [0.2, 0.25) is 5.91 Å². The maximum atomic E-state index is 13.0. The Morgan fingerprint density at radius 3 is 2.57 bits per heavy atom. The second-order valence-corrected chi connectivity index (χ2v) is 8.85. The van der Waals surface area contributed by atoms with Crippen molar-refractivity contribution in [2.24, 2.45) is 5.92 Å². The number of carbonyl (C=O) groups excluding carboxylic acids is 1. The molecule has 1 aliphatic rings. The second kappa shape index (κ2) is 10.6. The largest absolute Gasteiger partial charge is 0.494 e. The summed E-state index contributed by atoms with van der Waals surface area (Å²) in [5.41, 5.74) is 2.96. The van der Waals surface area contributed by atoms with Crippen LogP contribution in [0.4, 0.5) is 5.69 Å². The van der Waals surface area contributed by atoms with Gasteiger partial charge in [-0.15, -0.1) is 0 Å². The van der Waals surface area contributed by atoms with Crippen LogP contribution < -0.4 is 10.1 Å². The van der Waals surface area contributed by atoms with Gasteiger partial charge in [-0.1, -0.05) is 18.2 Å². The molecule has 35 heavy (non-hydrogen) atoms. The van der Waals surface area contributed by atoms with Crippen LogP contribution in [0.25, 0.3) is 11.5 Å². The third kappa shape index (κ3) is 5.30. The van der Waals surface area contributed by atoms with Gasteiger partial charge in [0.15, 0.2) is 0 Å². The fourth-order valence-corrected chi connectivity index (χ4v) is 4.70. The highest BCUT2D eigenvalue weighted by Gasteiger charge is 2.27. The van der Waals surface area contributed by atoms with E-state index in [0.29, 0.717) is 6.61 Å². The van der Waals surface area contributed by atoms with Crippen molar-refractivity contribution in [3.05, 3.63) is 90.9 Å². The van der Waals surface area contributed by atoms with Crippen LogP contribution in [0.1, 0.15) is 25.3 Å². The van der Waals surface area contributed by atoms with Gasteiger partial charge in [-0.3, -0.25) is 9.69 Å². The predicted molar refractivity (Wildman–Crippen MR) is 137 cm³/mol. The quantitative estimate of drug-likeness (QED) is 0.398. The Morgan fingerprint density at radius 2 is 1.83 bits per heavy atom. The SMILES string of the molecule is CCOc1ccc(NC(=O)[C@@H]2CCCN(Cc3cnn(-c4ccccc4)c3-n3cccc3)C2)cc1. The molecule has 1 fully saturated rings. The standard InChI is InChI=1S/C28H31N5O2/c1-2-35-26-14-12-24(13-15-26)30-27(34)22-9-8-16-31(20-22)21-23-19-29-33(25-10-4-3-5-11-25)28(23)32-17-6-7-18-32/h3-7,10-15,17-19,22H,2,8-9,16,20-21H2,1H3,(H,30,34)/t22-/m1/s1. The zero-order valence-electron chi connectivity index (χ0n) is 20.0. The van der Waals surface area contributed by atoms with Gasteiger partial charge in [-0.2, -0.15) is 5.10 Å². The number of hydrogen-bond donors (Lipinski definition) is 1. The number of ether oxygens (including phenoxy) is 1. The first-order valence-corrected chi connectivity index (χ1v) is 12.2. The zero-order valence-corrected chi connectivity index (χ0v) is 20.0. The van der Waals surface area contributed by atoms with E-state index in [2.05, 4.69) is 26.9 Å². The summed E-state index contributed by atoms with van der Waals surface area (Å²) < 4.78 is 9.58. The third-order valence-electron chi connectivity index (χ3n) is 6.37. The molecule has 0 unspecified atom stereocenters. The monoisotopic (exact) mass is 469 g/mol. The Hall–Kier alpha value is -3.84. The number of benzene rings is 2. The number of piperidine rings is 1. The molecule has 5 rings (SSSR count). The van der Waals surface area contributed by atoms with Crippen molar-refractivity contribution in [1.82, 2.24) is 19.2 Å². The van der Waals surface area contributed by atoms with E-state index in [1.165, 1.54) is 0 Å². The highest BCUT2D eigenvalue weighted by atomic mass is 16.5. The maximum absolute atomic E-state index is 13.0. The Bertz CT molecular complexity index is 1230. The summed E-state index contributed by atoms with van der Waals surface area (Å²) >= 11 is 0. The molecule has 0 spiro atoms. The van der Waals surface area contributed by atoms with Gasteiger partial charge in [-0.25, -0.2) is 4.68 Å². The molecule has 1 amide bonds. The van der Waals surface area contributed by atoms with Crippen LogP contribution in [0.3, 0.4) is 0 Å². The number of rotatable bonds is 8. The van der Waals surface area contributed by atoms with Crippen molar-refractivity contribution in [3.63, 3.8) is 0 Å². The first-order valence-electron chi connectivity index (χ1n) is 12.2. The number of nitrogens with one attached hydrogen (secondary N) is 1. The number of aromatic nitrogens is 3. The predicted octanol–water partition coefficient (Wildman–Crippen LogP) is 4.91. The van der Waals surface area contributed by atoms with Gasteiger partial charge < -0.3 is 14.6 Å². The topological polar surface area (TPSA) is 64.3 Å². The molecule has 7 nitrogen and oxygen atoms in total. The van der Waals surface area contributed by atoms with Crippen LogP contribution in [0.5, 0.6) is 5.75 Å². The number of carbonyl (C=O) groups is 1. The number of amides is 1. The molecule has 1 saturated heterocycles. The van der Waals surface area contributed by atoms with E-state index < -0.39 is 0 Å². The van der Waals surface area contributed by atoms with E-state index in [1.807, 2.05) is 84.8 Å². The Kier molecular flexibility index (Phi) is 6.95. The van der Waals surface area contributed by atoms with Crippen molar-refractivity contribution >= 4 is 11.6 Å². The molecular weight excluding hydrogens is 438 g/mol. The minimum absolute atomic E-state index is 0.0467. The molecule has 1 atom stereocenters. The lowest BCUT2D eigenvalue weighted by molar-refractivity contribution is -0.121. The average Bonchev–Trinajstić information content (AvgIpc) is 3.56. The summed E-state index contributed by atoms with van der Waals surface area (Å²) in [6.45, 7) is 5.02. The molecule has 0 aliphatic carbocycles. The van der Waals surface area contributed by atoms with E-state index in [-0.39, 0.29) is 11.8 Å². The zero-order chi connectivity index (χ0) is 24.0. The minimum atomic E-state index is -0.0467. The van der Waals surface area contributed by atoms with E-state index in [4.69, 9.17) is 9.84 Å². The van der Waals surface area contributed by atoms with Crippen molar-refractivity contribution in [2.75, 3.05) is 25.0 Å². The van der Waals surface area contributed by atoms with Crippen molar-refractivity contribution in [2.45, 2.75) is 26.3 Å². The van der Waals surface area contributed by atoms with Gasteiger partial charge in [0.25, 0.3) is 0 Å². The fourth-order valence-electron chi connectivity index (χ4n) is 4.70. The van der Waals surface area contributed by atoms with E-state index >= 15 is 0 Å². The van der Waals surface area contributed by atoms with Crippen LogP contribution >= 0.6 is 0 Å². The number of nitrogens with zero attached hydrogens (tertiary/aromatic N) is 4. The fraction of sp³-hybridized carbons (Fsp3) is 0.286. The van der Waals surface area contributed by atoms with Crippen LogP contribution in [0.15, 0.2) is 85.3 Å². The molecule has 7 heteroatoms. The lowest BCUT2D eigenvalue weighted by Gasteiger charge is -2.32. The van der Waals surface area contributed by atoms with Crippen molar-refractivity contribution in [3.8, 4) is 17.3 Å². The Labute approximate surface area is 205 Å². The molecule has 4 aromatic rings. The maximum Gasteiger partial charge on any atom is 0.228 e. The molecule has 0 saturated carbocycles. The summed E-state index contributed by atoms with van der Waals surface area (Å²) in [6, 6.07) is 21.8. The molecule has 0 radical (unpaired) electrons. The normalized spacial score (nSPS) is 16.2. The van der Waals surface area contributed by atoms with Crippen LogP contribution in [0, 0.1) is 5.92 Å². The molecule has 2 aromatic heterocycles. The summed E-state index contributed by atoms with van der Waals surface area (Å²) in [4.78, 5) is 15.4. The minimum Gasteiger partial charge on any atom is -0.494 e. The van der Waals surface area contributed by atoms with E-state index in [9.17, 15) is 4.79 Å². The summed E-state index contributed by atoms with van der Waals surface area (Å²) in [5, 5.41) is 7.80. The molecule has 0 bridgehead atoms. The van der Waals surface area contributed by atoms with Crippen LogP contribution in [-0.4, -0.2) is 44.9 Å². The van der Waals surface area contributed by atoms with Crippen LogP contribution in [0.2, 0.25) is 0 Å². The summed E-state index contributed by atoms with van der Waals surface area (Å²) in [5.74, 6) is 1.87. The van der Waals surface area contributed by atoms with Gasteiger partial charge in [-0.05, 0) is 74.8 Å².